The molecule has 0 unspecified atom stereocenters. The molecule has 1 heterocycles. The summed E-state index contributed by atoms with van der Waals surface area (Å²) in [5.74, 6) is -0.666. The third-order valence-electron chi connectivity index (χ3n) is 3.91. The highest BCUT2D eigenvalue weighted by atomic mass is 16.5. The first-order valence-electron chi connectivity index (χ1n) is 7.57. The van der Waals surface area contributed by atoms with E-state index in [0.717, 1.165) is 36.7 Å². The Bertz CT molecular complexity index is 674. The van der Waals surface area contributed by atoms with Crippen LogP contribution in [-0.4, -0.2) is 34.1 Å². The quantitative estimate of drug-likeness (QED) is 0.852. The highest BCUT2D eigenvalue weighted by molar-refractivity contribution is 5.82. The molecule has 116 valence electrons. The molecule has 0 saturated heterocycles. The van der Waals surface area contributed by atoms with Crippen molar-refractivity contribution < 1.29 is 14.3 Å². The van der Waals surface area contributed by atoms with Gasteiger partial charge in [-0.2, -0.15) is 0 Å². The molecule has 1 fully saturated rings. The molecular formula is C16H19N3O3. The first kappa shape index (κ1) is 14.6. The lowest BCUT2D eigenvalue weighted by Gasteiger charge is -2.12. The van der Waals surface area contributed by atoms with E-state index in [0.29, 0.717) is 0 Å². The summed E-state index contributed by atoms with van der Waals surface area (Å²) in [6.45, 7) is -0.167. The molecule has 3 rings (SSSR count). The number of carbonyl (C=O) groups is 2. The van der Waals surface area contributed by atoms with E-state index >= 15 is 0 Å². The second-order valence-corrected chi connectivity index (χ2v) is 5.57. The van der Waals surface area contributed by atoms with Gasteiger partial charge in [0.15, 0.2) is 6.61 Å². The number of amides is 1. The van der Waals surface area contributed by atoms with E-state index in [9.17, 15) is 9.59 Å². The molecule has 0 aliphatic heterocycles. The first-order valence-corrected chi connectivity index (χ1v) is 7.57. The molecule has 1 aromatic carbocycles. The van der Waals surface area contributed by atoms with Crippen LogP contribution in [0.1, 0.15) is 25.7 Å². The SMILES string of the molecule is O=C(COC(=O)Cn1cnc2ccccc21)NC1CCCC1. The maximum atomic E-state index is 11.8. The highest BCUT2D eigenvalue weighted by Crippen LogP contribution is 2.17. The van der Waals surface area contributed by atoms with Crippen molar-refractivity contribution in [1.82, 2.24) is 14.9 Å². The van der Waals surface area contributed by atoms with E-state index < -0.39 is 5.97 Å². The number of esters is 1. The minimum Gasteiger partial charge on any atom is -0.454 e. The number of para-hydroxylation sites is 2. The third-order valence-corrected chi connectivity index (χ3v) is 3.91. The van der Waals surface area contributed by atoms with Crippen LogP contribution < -0.4 is 5.32 Å². The van der Waals surface area contributed by atoms with E-state index in [2.05, 4.69) is 10.3 Å². The number of aromatic nitrogens is 2. The number of hydrogen-bond acceptors (Lipinski definition) is 4. The Labute approximate surface area is 128 Å². The van der Waals surface area contributed by atoms with Gasteiger partial charge in [-0.1, -0.05) is 25.0 Å². The smallest absolute Gasteiger partial charge is 0.326 e. The second kappa shape index (κ2) is 6.60. The molecule has 1 amide bonds. The fraction of sp³-hybridized carbons (Fsp3) is 0.438. The van der Waals surface area contributed by atoms with Crippen LogP contribution in [0.15, 0.2) is 30.6 Å². The Morgan fingerprint density at radius 3 is 2.86 bits per heavy atom. The van der Waals surface area contributed by atoms with Crippen LogP contribution in [0.25, 0.3) is 11.0 Å². The Morgan fingerprint density at radius 1 is 1.27 bits per heavy atom. The molecule has 0 bridgehead atoms. The average molecular weight is 301 g/mol. The van der Waals surface area contributed by atoms with Crippen molar-refractivity contribution in [1.29, 1.82) is 0 Å². The van der Waals surface area contributed by atoms with Crippen LogP contribution >= 0.6 is 0 Å². The van der Waals surface area contributed by atoms with Crippen molar-refractivity contribution in [2.24, 2.45) is 0 Å². The maximum Gasteiger partial charge on any atom is 0.326 e. The standard InChI is InChI=1S/C16H19N3O3/c20-15(18-12-5-1-2-6-12)10-22-16(21)9-19-11-17-13-7-3-4-8-14(13)19/h3-4,7-8,11-12H,1-2,5-6,9-10H2,(H,18,20). The van der Waals surface area contributed by atoms with Crippen LogP contribution in [0.2, 0.25) is 0 Å². The lowest BCUT2D eigenvalue weighted by atomic mass is 10.2. The predicted octanol–water partition coefficient (Wildman–Crippen LogP) is 1.64. The van der Waals surface area contributed by atoms with E-state index in [1.807, 2.05) is 24.3 Å². The van der Waals surface area contributed by atoms with E-state index in [1.54, 1.807) is 10.9 Å². The van der Waals surface area contributed by atoms with E-state index in [4.69, 9.17) is 4.74 Å². The zero-order valence-electron chi connectivity index (χ0n) is 12.3. The number of fused-ring (bicyclic) bond motifs is 1. The molecule has 0 spiro atoms. The van der Waals surface area contributed by atoms with Crippen LogP contribution in [0, 0.1) is 0 Å². The van der Waals surface area contributed by atoms with Crippen LogP contribution in [0.4, 0.5) is 0 Å². The highest BCUT2D eigenvalue weighted by Gasteiger charge is 2.18. The van der Waals surface area contributed by atoms with Crippen molar-refractivity contribution in [3.05, 3.63) is 30.6 Å². The van der Waals surface area contributed by atoms with Crippen LogP contribution in [0.3, 0.4) is 0 Å². The summed E-state index contributed by atoms with van der Waals surface area (Å²) in [7, 11) is 0. The Hall–Kier alpha value is -2.37. The van der Waals surface area contributed by atoms with Gasteiger partial charge in [0, 0.05) is 6.04 Å². The Balaban J connectivity index is 1.49. The fourth-order valence-corrected chi connectivity index (χ4v) is 2.81. The molecule has 1 aromatic heterocycles. The minimum atomic E-state index is -0.440. The average Bonchev–Trinajstić information content (AvgIpc) is 3.16. The second-order valence-electron chi connectivity index (χ2n) is 5.57. The van der Waals surface area contributed by atoms with E-state index in [1.165, 1.54) is 0 Å². The molecule has 1 saturated carbocycles. The number of hydrogen-bond donors (Lipinski definition) is 1. The number of rotatable bonds is 5. The van der Waals surface area contributed by atoms with Gasteiger partial charge >= 0.3 is 5.97 Å². The summed E-state index contributed by atoms with van der Waals surface area (Å²) in [4.78, 5) is 27.8. The van der Waals surface area contributed by atoms with Gasteiger partial charge in [0.05, 0.1) is 17.4 Å². The number of nitrogens with zero attached hydrogens (tertiary/aromatic N) is 2. The minimum absolute atomic E-state index is 0.0528. The maximum absolute atomic E-state index is 11.8. The van der Waals surface area contributed by atoms with Crippen molar-refractivity contribution in [3.63, 3.8) is 0 Å². The van der Waals surface area contributed by atoms with Gasteiger partial charge in [-0.15, -0.1) is 0 Å². The molecule has 0 atom stereocenters. The number of imidazole rings is 1. The van der Waals surface area contributed by atoms with Gasteiger partial charge < -0.3 is 14.6 Å². The topological polar surface area (TPSA) is 73.2 Å². The van der Waals surface area contributed by atoms with Gasteiger partial charge in [-0.05, 0) is 25.0 Å². The number of ether oxygens (including phenoxy) is 1. The summed E-state index contributed by atoms with van der Waals surface area (Å²) in [6.07, 6.45) is 5.93. The molecule has 0 radical (unpaired) electrons. The molecule has 6 heteroatoms. The number of carbonyl (C=O) groups excluding carboxylic acids is 2. The van der Waals surface area contributed by atoms with Crippen LogP contribution in [0.5, 0.6) is 0 Å². The zero-order chi connectivity index (χ0) is 15.4. The lowest BCUT2D eigenvalue weighted by Crippen LogP contribution is -2.36. The number of nitrogens with one attached hydrogen (secondary N) is 1. The summed E-state index contributed by atoms with van der Waals surface area (Å²) in [5.41, 5.74) is 1.70. The van der Waals surface area contributed by atoms with Gasteiger partial charge in [0.2, 0.25) is 0 Å². The molecule has 1 N–H and O–H groups in total. The van der Waals surface area contributed by atoms with Crippen molar-refractivity contribution in [3.8, 4) is 0 Å². The summed E-state index contributed by atoms with van der Waals surface area (Å²) < 4.78 is 6.75. The van der Waals surface area contributed by atoms with Gasteiger partial charge in [-0.25, -0.2) is 4.98 Å². The van der Waals surface area contributed by atoms with Gasteiger partial charge in [0.25, 0.3) is 5.91 Å². The van der Waals surface area contributed by atoms with Gasteiger partial charge in [-0.3, -0.25) is 9.59 Å². The Morgan fingerprint density at radius 2 is 2.05 bits per heavy atom. The molecule has 6 nitrogen and oxygen atoms in total. The monoisotopic (exact) mass is 301 g/mol. The van der Waals surface area contributed by atoms with Crippen molar-refractivity contribution >= 4 is 22.9 Å². The molecule has 2 aromatic rings. The zero-order valence-corrected chi connectivity index (χ0v) is 12.3. The van der Waals surface area contributed by atoms with Crippen molar-refractivity contribution in [2.75, 3.05) is 6.61 Å². The summed E-state index contributed by atoms with van der Waals surface area (Å²) in [6, 6.07) is 7.80. The van der Waals surface area contributed by atoms with Crippen molar-refractivity contribution in [2.45, 2.75) is 38.3 Å². The predicted molar refractivity (Wildman–Crippen MR) is 81.1 cm³/mol. The molecule has 1 aliphatic rings. The Kier molecular flexibility index (Phi) is 4.37. The summed E-state index contributed by atoms with van der Waals surface area (Å²) >= 11 is 0. The van der Waals surface area contributed by atoms with E-state index in [-0.39, 0.29) is 25.1 Å². The normalized spacial score (nSPS) is 15.1. The largest absolute Gasteiger partial charge is 0.454 e. The fourth-order valence-electron chi connectivity index (χ4n) is 2.81. The first-order chi connectivity index (χ1) is 10.7. The lowest BCUT2D eigenvalue weighted by molar-refractivity contribution is -0.149. The molecule has 22 heavy (non-hydrogen) atoms. The van der Waals surface area contributed by atoms with Crippen LogP contribution in [-0.2, 0) is 20.9 Å². The van der Waals surface area contributed by atoms with Gasteiger partial charge in [0.1, 0.15) is 6.54 Å². The molecular weight excluding hydrogens is 282 g/mol. The summed E-state index contributed by atoms with van der Waals surface area (Å²) in [5, 5.41) is 2.89. The third kappa shape index (κ3) is 3.44. The number of benzene rings is 1. The molecule has 1 aliphatic carbocycles.